The van der Waals surface area contributed by atoms with Crippen LogP contribution in [-0.2, 0) is 4.74 Å². The first kappa shape index (κ1) is 15.1. The first-order valence-corrected chi connectivity index (χ1v) is 11.8. The van der Waals surface area contributed by atoms with Gasteiger partial charge < -0.3 is 25.4 Å². The fourth-order valence-electron chi connectivity index (χ4n) is 3.45. The fourth-order valence-corrected chi connectivity index (χ4v) is 3.99. The Morgan fingerprint density at radius 3 is 2.92 bits per heavy atom. The summed E-state index contributed by atoms with van der Waals surface area (Å²) in [4.78, 5) is 8.37. The maximum atomic E-state index is 14.4. The number of ether oxygens (including phenoxy) is 1. The Morgan fingerprint density at radius 2 is 2.17 bits per heavy atom. The second kappa shape index (κ2) is 10.5. The molecule has 12 heteroatoms. The largest absolute Gasteiger partial charge is 0.394 e. The third-order valence-electron chi connectivity index (χ3n) is 5.30. The summed E-state index contributed by atoms with van der Waals surface area (Å²) in [6.45, 7) is 1.37. The van der Waals surface area contributed by atoms with Crippen LogP contribution in [0.25, 0.3) is 11.2 Å². The Hall–Kier alpha value is -2.38. The minimum Gasteiger partial charge on any atom is -0.394 e. The van der Waals surface area contributed by atoms with Crippen LogP contribution in [0, 0.1) is 12.7 Å². The quantitative estimate of drug-likeness (QED) is 0.228. The Kier molecular flexibility index (Phi) is 4.43. The monoisotopic (exact) mass is 529 g/mol. The van der Waals surface area contributed by atoms with Crippen molar-refractivity contribution in [2.75, 3.05) is 24.2 Å². The van der Waals surface area contributed by atoms with Gasteiger partial charge in [-0.05, 0) is 36.9 Å². The lowest BCUT2D eigenvalue weighted by Crippen LogP contribution is -2.33. The molecule has 0 saturated heterocycles. The molecule has 2 aliphatic rings. The predicted octanol–water partition coefficient (Wildman–Crippen LogP) is 2.18. The molecule has 3 aromatic rings. The van der Waals surface area contributed by atoms with Crippen molar-refractivity contribution in [3.05, 3.63) is 35.1 Å². The van der Waals surface area contributed by atoms with Gasteiger partial charge in [0.25, 0.3) is 0 Å². The van der Waals surface area contributed by atoms with Gasteiger partial charge in [0.2, 0.25) is 0 Å². The minimum atomic E-state index is -3.95. The van der Waals surface area contributed by atoms with Gasteiger partial charge in [-0.15, -0.1) is 5.10 Å². The molecule has 0 spiro atoms. The first-order chi connectivity index (χ1) is 21.4. The van der Waals surface area contributed by atoms with Crippen molar-refractivity contribution in [1.29, 1.82) is 0 Å². The van der Waals surface area contributed by atoms with E-state index >= 15 is 0 Å². The highest BCUT2D eigenvalue weighted by molar-refractivity contribution is 7.99. The third kappa shape index (κ3) is 4.92. The number of nitrogens with one attached hydrogen (secondary N) is 1. The van der Waals surface area contributed by atoms with Gasteiger partial charge in [0, 0.05) is 33.6 Å². The van der Waals surface area contributed by atoms with Crippen LogP contribution in [0.15, 0.2) is 23.4 Å². The average Bonchev–Trinajstić information content (AvgIpc) is 3.23. The van der Waals surface area contributed by atoms with E-state index in [4.69, 9.17) is 19.8 Å². The van der Waals surface area contributed by atoms with Gasteiger partial charge in [-0.2, -0.15) is 0 Å². The standard InChI is InChI=1S/C24H31FN6O4S/c1-3-8-36-24-27-22(26-16-10-14(16)13-5-4-12(2)15(25)9-13)19-23(28-24)31(30-29-19)17-11-18(35-7-6-32)21(34)20(17)33/h4-5,9,14,16-18,20-21,32-34H,3,6-8,10-11H2,1-2H3,(H,26,27,28)/t14-,16+,17+,18-,20-,21+/m0/s1/i8D2,10D2,11D2,14D,17D,18D,20D,21D. The first-order valence-electron chi connectivity index (χ1n) is 16.5. The summed E-state index contributed by atoms with van der Waals surface area (Å²) in [5.74, 6) is -3.13. The molecule has 2 saturated carbocycles. The number of aryl methyl sites for hydroxylation is 1. The summed E-state index contributed by atoms with van der Waals surface area (Å²) in [5, 5.41) is 41.2. The Bertz CT molecular complexity index is 1740. The number of hydrogen-bond acceptors (Lipinski definition) is 10. The molecule has 0 unspecified atom stereocenters. The number of fused-ring (bicyclic) bond motifs is 1. The van der Waals surface area contributed by atoms with Crippen molar-refractivity contribution in [3.63, 3.8) is 0 Å². The lowest BCUT2D eigenvalue weighted by Gasteiger charge is -2.17. The molecule has 10 nitrogen and oxygen atoms in total. The zero-order chi connectivity index (χ0) is 35.4. The van der Waals surface area contributed by atoms with E-state index < -0.39 is 95.8 Å². The van der Waals surface area contributed by atoms with Crippen LogP contribution in [0.3, 0.4) is 0 Å². The van der Waals surface area contributed by atoms with Crippen molar-refractivity contribution < 1.29 is 39.5 Å². The van der Waals surface area contributed by atoms with Crippen molar-refractivity contribution in [2.24, 2.45) is 0 Å². The molecular formula is C24H31FN6O4S. The topological polar surface area (TPSA) is 138 Å². The van der Waals surface area contributed by atoms with Crippen molar-refractivity contribution >= 4 is 28.7 Å². The van der Waals surface area contributed by atoms with Gasteiger partial charge in [0.15, 0.2) is 22.1 Å². The maximum absolute atomic E-state index is 14.4. The van der Waals surface area contributed by atoms with Crippen molar-refractivity contribution in [2.45, 2.75) is 74.4 Å². The molecule has 2 aliphatic carbocycles. The van der Waals surface area contributed by atoms with Gasteiger partial charge in [-0.3, -0.25) is 0 Å². The van der Waals surface area contributed by atoms with E-state index in [1.807, 2.05) is 0 Å². The number of aromatic nitrogens is 5. The highest BCUT2D eigenvalue weighted by atomic mass is 32.2. The third-order valence-corrected chi connectivity index (χ3v) is 6.10. The number of aliphatic hydroxyl groups is 3. The van der Waals surface area contributed by atoms with Gasteiger partial charge in [-0.1, -0.05) is 36.0 Å². The maximum Gasteiger partial charge on any atom is 0.191 e. The van der Waals surface area contributed by atoms with Crippen LogP contribution in [0.4, 0.5) is 10.2 Å². The number of benzene rings is 1. The van der Waals surface area contributed by atoms with Gasteiger partial charge in [0.1, 0.15) is 18.0 Å². The van der Waals surface area contributed by atoms with Gasteiger partial charge >= 0.3 is 0 Å². The van der Waals surface area contributed by atoms with E-state index in [0.29, 0.717) is 11.8 Å². The number of aliphatic hydroxyl groups excluding tert-OH is 1. The molecule has 1 aromatic carbocycles. The zero-order valence-corrected chi connectivity index (χ0v) is 20.0. The van der Waals surface area contributed by atoms with E-state index in [2.05, 4.69) is 25.6 Å². The molecule has 2 heterocycles. The van der Waals surface area contributed by atoms with Crippen LogP contribution >= 0.6 is 11.8 Å². The molecule has 194 valence electrons. The molecule has 2 fully saturated rings. The highest BCUT2D eigenvalue weighted by Gasteiger charge is 2.45. The Balaban J connectivity index is 1.70. The lowest BCUT2D eigenvalue weighted by atomic mass is 10.1. The molecule has 0 amide bonds. The molecule has 4 N–H and O–H groups in total. The smallest absolute Gasteiger partial charge is 0.191 e. The molecular weight excluding hydrogens is 487 g/mol. The summed E-state index contributed by atoms with van der Waals surface area (Å²) in [6, 6.07) is -1.27. The lowest BCUT2D eigenvalue weighted by molar-refractivity contribution is -0.0629. The minimum absolute atomic E-state index is 0.0121. The second-order valence-corrected chi connectivity index (χ2v) is 8.66. The Labute approximate surface area is 227 Å². The number of nitrogens with zero attached hydrogens (tertiary/aromatic N) is 5. The summed E-state index contributed by atoms with van der Waals surface area (Å²) >= 11 is 0.458. The van der Waals surface area contributed by atoms with Crippen molar-refractivity contribution in [3.8, 4) is 0 Å². The van der Waals surface area contributed by atoms with Crippen LogP contribution in [0.1, 0.15) is 64.2 Å². The number of halogens is 1. The fraction of sp³-hybridized carbons (Fsp3) is 0.583. The van der Waals surface area contributed by atoms with E-state index in [-0.39, 0.29) is 22.2 Å². The molecule has 2 aromatic heterocycles. The second-order valence-electron chi connectivity index (χ2n) is 7.80. The number of rotatable bonds is 10. The SMILES string of the molecule is [2H]C([2H])(CC)Sc1nc(N[C@@H]2C([2H])([2H])[C@@]2([2H])c2ccc(C)c(F)c2)c2nnn([C@]3([2H])C([2H])([2H])[C@]([2H])(OCCO)[C@@]([2H])(O)[C@@]3([2H])O)c2n1. The molecule has 5 rings (SSSR count). The van der Waals surface area contributed by atoms with Crippen LogP contribution in [0.2, 0.25) is 0 Å². The normalized spacial score (nSPS) is 45.5. The molecule has 0 aliphatic heterocycles. The van der Waals surface area contributed by atoms with Gasteiger partial charge in [0.05, 0.1) is 30.8 Å². The van der Waals surface area contributed by atoms with E-state index in [1.54, 1.807) is 0 Å². The number of hydrogen-bond donors (Lipinski definition) is 4. The van der Waals surface area contributed by atoms with Crippen LogP contribution in [0.5, 0.6) is 0 Å². The average molecular weight is 530 g/mol. The summed E-state index contributed by atoms with van der Waals surface area (Å²) < 4.78 is 114. The van der Waals surface area contributed by atoms with E-state index in [1.165, 1.54) is 26.0 Å². The molecule has 0 radical (unpaired) electrons. The highest BCUT2D eigenvalue weighted by Crippen LogP contribution is 2.44. The summed E-state index contributed by atoms with van der Waals surface area (Å²) in [6.07, 6.45) is -17.5. The molecule has 36 heavy (non-hydrogen) atoms. The molecule has 0 bridgehead atoms. The number of thioether (sulfide) groups is 1. The van der Waals surface area contributed by atoms with Crippen LogP contribution < -0.4 is 5.32 Å². The Morgan fingerprint density at radius 1 is 1.33 bits per heavy atom. The van der Waals surface area contributed by atoms with Crippen LogP contribution in [-0.4, -0.2) is 83.5 Å². The summed E-state index contributed by atoms with van der Waals surface area (Å²) in [7, 11) is 0. The zero-order valence-electron chi connectivity index (χ0n) is 30.2. The predicted molar refractivity (Wildman–Crippen MR) is 133 cm³/mol. The number of anilines is 1. The summed E-state index contributed by atoms with van der Waals surface area (Å²) in [5.41, 5.74) is -2.86. The van der Waals surface area contributed by atoms with Gasteiger partial charge in [-0.25, -0.2) is 19.0 Å². The van der Waals surface area contributed by atoms with E-state index in [9.17, 15) is 19.7 Å². The van der Waals surface area contributed by atoms with E-state index in [0.717, 1.165) is 6.07 Å². The molecule has 6 atom stereocenters. The van der Waals surface area contributed by atoms with Crippen molar-refractivity contribution in [1.82, 2.24) is 25.0 Å².